The largest absolute Gasteiger partial charge is 0.469 e. The topological polar surface area (TPSA) is 55.6 Å². The van der Waals surface area contributed by atoms with Crippen LogP contribution in [0.1, 0.15) is 30.7 Å². The van der Waals surface area contributed by atoms with Gasteiger partial charge in [-0.1, -0.05) is 12.5 Å². The molecule has 2 fully saturated rings. The summed E-state index contributed by atoms with van der Waals surface area (Å²) in [7, 11) is 0. The SMILES string of the molecule is O=C(Cc1ccco1)N1C[C@@H]2CCC[C@]2(COCc2ccccn2)C1. The molecular formula is C20H24N2O3. The van der Waals surface area contributed by atoms with Gasteiger partial charge in [-0.2, -0.15) is 0 Å². The minimum Gasteiger partial charge on any atom is -0.469 e. The van der Waals surface area contributed by atoms with Gasteiger partial charge >= 0.3 is 0 Å². The number of furan rings is 1. The Bertz CT molecular complexity index is 701. The van der Waals surface area contributed by atoms with Gasteiger partial charge in [-0.05, 0) is 43.0 Å². The first-order valence-electron chi connectivity index (χ1n) is 9.03. The fourth-order valence-corrected chi connectivity index (χ4v) is 4.36. The molecule has 0 spiro atoms. The molecule has 2 atom stereocenters. The van der Waals surface area contributed by atoms with Crippen LogP contribution in [-0.4, -0.2) is 35.5 Å². The molecule has 5 nitrogen and oxygen atoms in total. The van der Waals surface area contributed by atoms with Crippen molar-refractivity contribution >= 4 is 5.91 Å². The maximum Gasteiger partial charge on any atom is 0.230 e. The molecular weight excluding hydrogens is 316 g/mol. The zero-order valence-electron chi connectivity index (χ0n) is 14.4. The number of rotatable bonds is 6. The Labute approximate surface area is 148 Å². The molecule has 5 heteroatoms. The Balaban J connectivity index is 1.36. The number of hydrogen-bond donors (Lipinski definition) is 0. The van der Waals surface area contributed by atoms with Crippen molar-refractivity contribution in [1.29, 1.82) is 0 Å². The molecule has 1 aliphatic heterocycles. The molecule has 2 aromatic rings. The summed E-state index contributed by atoms with van der Waals surface area (Å²) in [6.07, 6.45) is 7.33. The monoisotopic (exact) mass is 340 g/mol. The third kappa shape index (κ3) is 3.47. The highest BCUT2D eigenvalue weighted by molar-refractivity contribution is 5.78. The number of ether oxygens (including phenoxy) is 1. The lowest BCUT2D eigenvalue weighted by molar-refractivity contribution is -0.130. The van der Waals surface area contributed by atoms with Gasteiger partial charge in [0.25, 0.3) is 0 Å². The maximum absolute atomic E-state index is 12.6. The van der Waals surface area contributed by atoms with Gasteiger partial charge in [0.2, 0.25) is 5.91 Å². The summed E-state index contributed by atoms with van der Waals surface area (Å²) in [6, 6.07) is 9.56. The van der Waals surface area contributed by atoms with Crippen LogP contribution in [0, 0.1) is 11.3 Å². The van der Waals surface area contributed by atoms with Gasteiger partial charge in [-0.25, -0.2) is 0 Å². The van der Waals surface area contributed by atoms with E-state index in [2.05, 4.69) is 4.98 Å². The molecule has 3 heterocycles. The molecule has 2 aliphatic rings. The molecule has 1 saturated heterocycles. The lowest BCUT2D eigenvalue weighted by atomic mass is 9.81. The molecule has 1 aliphatic carbocycles. The van der Waals surface area contributed by atoms with Crippen LogP contribution in [0.4, 0.5) is 0 Å². The van der Waals surface area contributed by atoms with E-state index >= 15 is 0 Å². The van der Waals surface area contributed by atoms with E-state index in [4.69, 9.17) is 9.15 Å². The predicted octanol–water partition coefficient (Wildman–Crippen LogP) is 3.06. The molecule has 1 saturated carbocycles. The summed E-state index contributed by atoms with van der Waals surface area (Å²) in [4.78, 5) is 18.9. The Morgan fingerprint density at radius 1 is 1.36 bits per heavy atom. The predicted molar refractivity (Wildman–Crippen MR) is 92.7 cm³/mol. The number of hydrogen-bond acceptors (Lipinski definition) is 4. The first-order chi connectivity index (χ1) is 12.3. The molecule has 132 valence electrons. The van der Waals surface area contributed by atoms with E-state index in [0.717, 1.165) is 31.0 Å². The third-order valence-electron chi connectivity index (χ3n) is 5.66. The van der Waals surface area contributed by atoms with Crippen molar-refractivity contribution in [3.05, 3.63) is 54.2 Å². The first-order valence-corrected chi connectivity index (χ1v) is 9.03. The van der Waals surface area contributed by atoms with Crippen molar-refractivity contribution in [2.45, 2.75) is 32.3 Å². The minimum atomic E-state index is 0.119. The molecule has 2 aromatic heterocycles. The maximum atomic E-state index is 12.6. The van der Waals surface area contributed by atoms with Crippen LogP contribution in [0.2, 0.25) is 0 Å². The second-order valence-electron chi connectivity index (χ2n) is 7.30. The average Bonchev–Trinajstić information content (AvgIpc) is 3.31. The molecule has 4 rings (SSSR count). The van der Waals surface area contributed by atoms with Gasteiger partial charge in [0, 0.05) is 24.7 Å². The smallest absolute Gasteiger partial charge is 0.230 e. The summed E-state index contributed by atoms with van der Waals surface area (Å²) in [5.41, 5.74) is 1.07. The van der Waals surface area contributed by atoms with Crippen LogP contribution in [0.3, 0.4) is 0 Å². The van der Waals surface area contributed by atoms with Crippen LogP contribution in [0.5, 0.6) is 0 Å². The Morgan fingerprint density at radius 3 is 3.12 bits per heavy atom. The van der Waals surface area contributed by atoms with Crippen molar-refractivity contribution in [2.75, 3.05) is 19.7 Å². The summed E-state index contributed by atoms with van der Waals surface area (Å²) in [6.45, 7) is 2.90. The van der Waals surface area contributed by atoms with Gasteiger partial charge in [-0.3, -0.25) is 9.78 Å². The van der Waals surface area contributed by atoms with E-state index in [9.17, 15) is 4.79 Å². The van der Waals surface area contributed by atoms with Gasteiger partial charge in [0.05, 0.1) is 31.6 Å². The number of likely N-dealkylation sites (tertiary alicyclic amines) is 1. The highest BCUT2D eigenvalue weighted by Gasteiger charge is 2.50. The number of aromatic nitrogens is 1. The summed E-state index contributed by atoms with van der Waals surface area (Å²) >= 11 is 0. The van der Waals surface area contributed by atoms with E-state index in [1.165, 1.54) is 12.8 Å². The van der Waals surface area contributed by atoms with Crippen molar-refractivity contribution in [2.24, 2.45) is 11.3 Å². The molecule has 0 N–H and O–H groups in total. The van der Waals surface area contributed by atoms with Gasteiger partial charge in [0.15, 0.2) is 0 Å². The molecule has 25 heavy (non-hydrogen) atoms. The zero-order chi connectivity index (χ0) is 17.1. The quantitative estimate of drug-likeness (QED) is 0.811. The molecule has 0 unspecified atom stereocenters. The normalized spacial score (nSPS) is 25.3. The third-order valence-corrected chi connectivity index (χ3v) is 5.66. The van der Waals surface area contributed by atoms with E-state index in [0.29, 0.717) is 25.6 Å². The van der Waals surface area contributed by atoms with E-state index < -0.39 is 0 Å². The van der Waals surface area contributed by atoms with Crippen molar-refractivity contribution in [3.8, 4) is 0 Å². The number of carbonyl (C=O) groups excluding carboxylic acids is 1. The molecule has 0 aromatic carbocycles. The van der Waals surface area contributed by atoms with Crippen molar-refractivity contribution in [1.82, 2.24) is 9.88 Å². The second kappa shape index (κ2) is 7.00. The Hall–Kier alpha value is -2.14. The van der Waals surface area contributed by atoms with Gasteiger partial charge in [0.1, 0.15) is 5.76 Å². The zero-order valence-corrected chi connectivity index (χ0v) is 14.4. The Kier molecular flexibility index (Phi) is 4.57. The molecule has 0 bridgehead atoms. The summed E-state index contributed by atoms with van der Waals surface area (Å²) in [5, 5.41) is 0. The van der Waals surface area contributed by atoms with Gasteiger partial charge in [-0.15, -0.1) is 0 Å². The van der Waals surface area contributed by atoms with Gasteiger partial charge < -0.3 is 14.1 Å². The fraction of sp³-hybridized carbons (Fsp3) is 0.500. The van der Waals surface area contributed by atoms with Crippen LogP contribution in [0.25, 0.3) is 0 Å². The lowest BCUT2D eigenvalue weighted by Gasteiger charge is -2.28. The average molecular weight is 340 g/mol. The van der Waals surface area contributed by atoms with Crippen LogP contribution in [-0.2, 0) is 22.6 Å². The number of fused-ring (bicyclic) bond motifs is 1. The number of carbonyl (C=O) groups is 1. The standard InChI is InChI=1S/C20H24N2O3/c23-19(11-18-7-4-10-25-18)22-12-16-5-3-8-20(16,14-22)15-24-13-17-6-1-2-9-21-17/h1-2,4,6-7,9-10,16H,3,5,8,11-15H2/t16-,20+/m0/s1. The van der Waals surface area contributed by atoms with E-state index in [-0.39, 0.29) is 11.3 Å². The van der Waals surface area contributed by atoms with Crippen LogP contribution >= 0.6 is 0 Å². The van der Waals surface area contributed by atoms with E-state index in [1.54, 1.807) is 12.5 Å². The van der Waals surface area contributed by atoms with Crippen molar-refractivity contribution in [3.63, 3.8) is 0 Å². The minimum absolute atomic E-state index is 0.119. The second-order valence-corrected chi connectivity index (χ2v) is 7.30. The number of pyridine rings is 1. The molecule has 1 amide bonds. The number of amides is 1. The van der Waals surface area contributed by atoms with E-state index in [1.807, 2.05) is 35.2 Å². The highest BCUT2D eigenvalue weighted by Crippen LogP contribution is 2.49. The Morgan fingerprint density at radius 2 is 2.32 bits per heavy atom. The summed E-state index contributed by atoms with van der Waals surface area (Å²) < 4.78 is 11.3. The summed E-state index contributed by atoms with van der Waals surface area (Å²) in [5.74, 6) is 1.45. The highest BCUT2D eigenvalue weighted by atomic mass is 16.5. The van der Waals surface area contributed by atoms with Crippen molar-refractivity contribution < 1.29 is 13.9 Å². The molecule has 0 radical (unpaired) electrons. The fourth-order valence-electron chi connectivity index (χ4n) is 4.36. The van der Waals surface area contributed by atoms with Crippen LogP contribution in [0.15, 0.2) is 47.2 Å². The number of nitrogens with zero attached hydrogens (tertiary/aromatic N) is 2. The van der Waals surface area contributed by atoms with Crippen LogP contribution < -0.4 is 0 Å². The lowest BCUT2D eigenvalue weighted by Crippen LogP contribution is -2.35. The first kappa shape index (κ1) is 16.3.